The van der Waals surface area contributed by atoms with Crippen molar-refractivity contribution in [3.05, 3.63) is 37.1 Å². The molecule has 0 saturated heterocycles. The number of sulfonamides is 1. The third-order valence-corrected chi connectivity index (χ3v) is 13.5. The van der Waals surface area contributed by atoms with Gasteiger partial charge in [-0.3, -0.25) is 0 Å². The highest BCUT2D eigenvalue weighted by Gasteiger charge is 2.41. The lowest BCUT2D eigenvalue weighted by atomic mass is 10.3. The van der Waals surface area contributed by atoms with E-state index in [1.165, 1.54) is 4.31 Å². The van der Waals surface area contributed by atoms with E-state index in [0.717, 1.165) is 25.1 Å². The zero-order chi connectivity index (χ0) is 23.5. The first-order valence-corrected chi connectivity index (χ1v) is 14.8. The highest BCUT2D eigenvalue weighted by molar-refractivity contribution is 7.89. The molecule has 0 aliphatic rings. The van der Waals surface area contributed by atoms with Crippen molar-refractivity contribution in [1.82, 2.24) is 4.31 Å². The van der Waals surface area contributed by atoms with Gasteiger partial charge in [0.15, 0.2) is 8.32 Å². The van der Waals surface area contributed by atoms with E-state index >= 15 is 0 Å². The van der Waals surface area contributed by atoms with Crippen LogP contribution >= 0.6 is 0 Å². The summed E-state index contributed by atoms with van der Waals surface area (Å²) < 4.78 is 44.8. The maximum atomic E-state index is 13.3. The van der Waals surface area contributed by atoms with E-state index in [-0.39, 0.29) is 24.6 Å². The molecule has 0 saturated carbocycles. The van der Waals surface area contributed by atoms with Crippen LogP contribution in [0.15, 0.2) is 35.4 Å². The molecule has 1 aromatic rings. The van der Waals surface area contributed by atoms with Crippen molar-refractivity contribution in [2.45, 2.75) is 69.5 Å². The molecule has 1 aromatic carbocycles. The topological polar surface area (TPSA) is 65.1 Å². The van der Waals surface area contributed by atoms with E-state index in [4.69, 9.17) is 20.5 Å². The van der Waals surface area contributed by atoms with E-state index in [2.05, 4.69) is 34.6 Å². The van der Waals surface area contributed by atoms with Crippen molar-refractivity contribution in [3.8, 4) is 5.75 Å². The van der Waals surface area contributed by atoms with Crippen LogP contribution in [0.3, 0.4) is 0 Å². The van der Waals surface area contributed by atoms with Crippen LogP contribution in [-0.2, 0) is 19.2 Å². The SMILES string of the molecule is [CH+]=COCCN(CCO[Si](CCCC)(C(C)C)C(C)C)S(=O)(=O)c1ccc(OC)cc1. The molecule has 31 heavy (non-hydrogen) atoms. The molecule has 0 fully saturated rings. The molecule has 0 N–H and O–H groups in total. The van der Waals surface area contributed by atoms with Gasteiger partial charge in [0.25, 0.3) is 0 Å². The number of methoxy groups -OCH3 is 1. The average molecular weight is 471 g/mol. The van der Waals surface area contributed by atoms with Gasteiger partial charge in [-0.2, -0.15) is 4.31 Å². The second-order valence-electron chi connectivity index (χ2n) is 8.30. The molecule has 6 nitrogen and oxygen atoms in total. The third-order valence-electron chi connectivity index (χ3n) is 5.84. The standard InChI is InChI=1S/C23H40NO5SSi/c1-8-10-19-31(20(3)4,21(5)6)29-18-16-24(15-17-28-9-2)30(25,26)23-13-11-22(27-7)12-14-23/h2,9,11-14,20-21H,8,10,15-19H2,1,3-7H3/q+1. The van der Waals surface area contributed by atoms with Gasteiger partial charge in [-0.15, -0.1) is 0 Å². The summed E-state index contributed by atoms with van der Waals surface area (Å²) in [5.41, 5.74) is 0.918. The molecule has 0 spiro atoms. The summed E-state index contributed by atoms with van der Waals surface area (Å²) in [6, 6.07) is 7.49. The lowest BCUT2D eigenvalue weighted by molar-refractivity contribution is 0.200. The summed E-state index contributed by atoms with van der Waals surface area (Å²) in [4.78, 5) is 0.215. The Bertz CT molecular complexity index is 742. The fourth-order valence-electron chi connectivity index (χ4n) is 3.91. The zero-order valence-corrected chi connectivity index (χ0v) is 21.8. The van der Waals surface area contributed by atoms with Gasteiger partial charge in [0.1, 0.15) is 12.4 Å². The van der Waals surface area contributed by atoms with E-state index in [0.29, 0.717) is 23.4 Å². The molecule has 0 aliphatic carbocycles. The minimum absolute atomic E-state index is 0.179. The lowest BCUT2D eigenvalue weighted by Gasteiger charge is -2.39. The maximum Gasteiger partial charge on any atom is 0.325 e. The predicted molar refractivity (Wildman–Crippen MR) is 128 cm³/mol. The van der Waals surface area contributed by atoms with Gasteiger partial charge >= 0.3 is 6.26 Å². The normalized spacial score (nSPS) is 12.5. The number of nitrogens with zero attached hydrogens (tertiary/aromatic N) is 1. The monoisotopic (exact) mass is 470 g/mol. The molecular weight excluding hydrogens is 430 g/mol. The van der Waals surface area contributed by atoms with Gasteiger partial charge < -0.3 is 13.9 Å². The molecule has 0 unspecified atom stereocenters. The summed E-state index contributed by atoms with van der Waals surface area (Å²) in [5.74, 6) is 0.607. The summed E-state index contributed by atoms with van der Waals surface area (Å²) >= 11 is 0. The Kier molecular flexibility index (Phi) is 11.7. The largest absolute Gasteiger partial charge is 0.497 e. The Balaban J connectivity index is 3.03. The maximum absolute atomic E-state index is 13.3. The Hall–Kier alpha value is -1.44. The van der Waals surface area contributed by atoms with Crippen molar-refractivity contribution < 1.29 is 22.3 Å². The first-order valence-electron chi connectivity index (χ1n) is 11.1. The molecule has 0 aromatic heterocycles. The number of rotatable bonds is 16. The van der Waals surface area contributed by atoms with Crippen molar-refractivity contribution in [3.63, 3.8) is 0 Å². The van der Waals surface area contributed by atoms with Gasteiger partial charge in [-0.1, -0.05) is 47.5 Å². The summed E-state index contributed by atoms with van der Waals surface area (Å²) in [6.07, 6.45) is 3.34. The van der Waals surface area contributed by atoms with Crippen LogP contribution in [0.25, 0.3) is 0 Å². The first kappa shape index (κ1) is 27.6. The quantitative estimate of drug-likeness (QED) is 0.143. The zero-order valence-electron chi connectivity index (χ0n) is 20.0. The van der Waals surface area contributed by atoms with Crippen LogP contribution in [0.1, 0.15) is 47.5 Å². The Morgan fingerprint density at radius 1 is 1.06 bits per heavy atom. The van der Waals surface area contributed by atoms with Gasteiger partial charge in [0, 0.05) is 19.7 Å². The first-order chi connectivity index (χ1) is 14.7. The number of unbranched alkanes of at least 4 members (excludes halogenated alkanes) is 1. The summed E-state index contributed by atoms with van der Waals surface area (Å²) in [5, 5.41) is 0. The van der Waals surface area contributed by atoms with Crippen LogP contribution in [-0.4, -0.2) is 54.5 Å². The minimum atomic E-state index is -3.70. The fraction of sp³-hybridized carbons (Fsp3) is 0.652. The number of ether oxygens (including phenoxy) is 2. The van der Waals surface area contributed by atoms with E-state index in [1.807, 2.05) is 0 Å². The second-order valence-corrected chi connectivity index (χ2v) is 15.2. The van der Waals surface area contributed by atoms with Gasteiger partial charge in [-0.05, 0) is 41.4 Å². The van der Waals surface area contributed by atoms with Crippen molar-refractivity contribution >= 4 is 18.3 Å². The van der Waals surface area contributed by atoms with E-state index in [9.17, 15) is 8.42 Å². The van der Waals surface area contributed by atoms with Crippen molar-refractivity contribution in [1.29, 1.82) is 0 Å². The lowest BCUT2D eigenvalue weighted by Crippen LogP contribution is -2.47. The smallest absolute Gasteiger partial charge is 0.325 e. The minimum Gasteiger partial charge on any atom is -0.497 e. The van der Waals surface area contributed by atoms with Crippen molar-refractivity contribution in [2.75, 3.05) is 33.4 Å². The highest BCUT2D eigenvalue weighted by Crippen LogP contribution is 2.38. The van der Waals surface area contributed by atoms with Gasteiger partial charge in [0.2, 0.25) is 16.6 Å². The number of benzene rings is 1. The Labute approximate surface area is 190 Å². The Morgan fingerprint density at radius 3 is 2.13 bits per heavy atom. The third kappa shape index (κ3) is 7.58. The second kappa shape index (κ2) is 13.2. The average Bonchev–Trinajstić information content (AvgIpc) is 2.74. The van der Waals surface area contributed by atoms with Crippen LogP contribution in [0.4, 0.5) is 0 Å². The fourth-order valence-corrected chi connectivity index (χ4v) is 10.00. The number of hydrogen-bond donors (Lipinski definition) is 0. The van der Waals surface area contributed by atoms with Crippen LogP contribution in [0, 0.1) is 6.58 Å². The molecule has 0 amide bonds. The molecule has 0 bridgehead atoms. The molecular formula is C23H40NO5SSi+. The molecule has 0 heterocycles. The van der Waals surface area contributed by atoms with Crippen LogP contribution in [0.2, 0.25) is 17.1 Å². The van der Waals surface area contributed by atoms with Crippen molar-refractivity contribution in [2.24, 2.45) is 0 Å². The summed E-state index contributed by atoms with van der Waals surface area (Å²) in [7, 11) is -4.18. The molecule has 0 radical (unpaired) electrons. The van der Waals surface area contributed by atoms with Crippen LogP contribution in [0.5, 0.6) is 5.75 Å². The van der Waals surface area contributed by atoms with E-state index < -0.39 is 18.3 Å². The number of hydrogen-bond acceptors (Lipinski definition) is 5. The van der Waals surface area contributed by atoms with E-state index in [1.54, 1.807) is 31.4 Å². The Morgan fingerprint density at radius 2 is 1.65 bits per heavy atom. The predicted octanol–water partition coefficient (Wildman–Crippen LogP) is 5.23. The van der Waals surface area contributed by atoms with Gasteiger partial charge in [-0.25, -0.2) is 8.42 Å². The van der Waals surface area contributed by atoms with Gasteiger partial charge in [0.05, 0.1) is 12.0 Å². The molecule has 0 atom stereocenters. The molecule has 1 rings (SSSR count). The van der Waals surface area contributed by atoms with Crippen LogP contribution < -0.4 is 4.74 Å². The summed E-state index contributed by atoms with van der Waals surface area (Å²) in [6.45, 7) is 17.4. The highest BCUT2D eigenvalue weighted by atomic mass is 32.2. The molecule has 176 valence electrons. The molecule has 0 aliphatic heterocycles. The molecule has 8 heteroatoms.